The van der Waals surface area contributed by atoms with Gasteiger partial charge in [-0.15, -0.1) is 0 Å². The molecule has 6 heteroatoms. The molecular weight excluding hydrogens is 276 g/mol. The number of hydrogen-bond donors (Lipinski definition) is 3. The minimum absolute atomic E-state index is 0.280. The van der Waals surface area contributed by atoms with Crippen LogP contribution in [0.15, 0.2) is 24.3 Å². The van der Waals surface area contributed by atoms with E-state index in [0.29, 0.717) is 11.3 Å². The molecule has 0 heterocycles. The number of ether oxygens (including phenoxy) is 3. The van der Waals surface area contributed by atoms with Crippen LogP contribution >= 0.6 is 0 Å². The highest BCUT2D eigenvalue weighted by molar-refractivity contribution is 5.30. The Hall–Kier alpha value is -1.18. The molecule has 0 fully saturated rings. The summed E-state index contributed by atoms with van der Waals surface area (Å²) in [5.41, 5.74) is -1.53. The fourth-order valence-corrected chi connectivity index (χ4v) is 2.00. The van der Waals surface area contributed by atoms with Crippen molar-refractivity contribution in [1.29, 1.82) is 0 Å². The van der Waals surface area contributed by atoms with Gasteiger partial charge >= 0.3 is 0 Å². The molecule has 0 saturated carbocycles. The van der Waals surface area contributed by atoms with Gasteiger partial charge in [-0.3, -0.25) is 0 Å². The summed E-state index contributed by atoms with van der Waals surface area (Å²) in [7, 11) is 1.54. The average Bonchev–Trinajstić information content (AvgIpc) is 2.53. The minimum atomic E-state index is -1.96. The van der Waals surface area contributed by atoms with Crippen molar-refractivity contribution in [3.05, 3.63) is 29.8 Å². The van der Waals surface area contributed by atoms with Crippen LogP contribution in [-0.2, 0) is 9.47 Å². The predicted molar refractivity (Wildman–Crippen MR) is 77.0 cm³/mol. The Bertz CT molecular complexity index is 401. The Morgan fingerprint density at radius 3 is 2.00 bits per heavy atom. The van der Waals surface area contributed by atoms with Crippen LogP contribution in [0.3, 0.4) is 0 Å². The second kappa shape index (κ2) is 8.31. The lowest BCUT2D eigenvalue weighted by Gasteiger charge is -2.37. The molecule has 0 aliphatic heterocycles. The van der Waals surface area contributed by atoms with Gasteiger partial charge < -0.3 is 29.5 Å². The zero-order valence-corrected chi connectivity index (χ0v) is 12.7. The van der Waals surface area contributed by atoms with Crippen LogP contribution in [0.2, 0.25) is 0 Å². The van der Waals surface area contributed by atoms with E-state index in [1.54, 1.807) is 38.1 Å². The lowest BCUT2D eigenvalue weighted by molar-refractivity contribution is -0.275. The molecular formula is C15H24O6. The molecule has 0 unspecified atom stereocenters. The maximum atomic E-state index is 10.6. The van der Waals surface area contributed by atoms with E-state index in [1.165, 1.54) is 7.11 Å². The zero-order chi connectivity index (χ0) is 15.9. The molecule has 2 atom stereocenters. The Morgan fingerprint density at radius 1 is 1.10 bits per heavy atom. The molecule has 1 aromatic rings. The third kappa shape index (κ3) is 4.15. The highest BCUT2D eigenvalue weighted by atomic mass is 16.7. The normalized spacial score (nSPS) is 15.8. The number of methoxy groups -OCH3 is 1. The van der Waals surface area contributed by atoms with Gasteiger partial charge in [-0.05, 0) is 31.5 Å². The molecule has 1 aromatic carbocycles. The van der Waals surface area contributed by atoms with Gasteiger partial charge in [0.25, 0.3) is 0 Å². The monoisotopic (exact) mass is 300 g/mol. The van der Waals surface area contributed by atoms with Gasteiger partial charge in [-0.2, -0.15) is 0 Å². The maximum absolute atomic E-state index is 10.6. The molecule has 0 aliphatic carbocycles. The zero-order valence-electron chi connectivity index (χ0n) is 12.7. The van der Waals surface area contributed by atoms with E-state index in [4.69, 9.17) is 14.2 Å². The first-order chi connectivity index (χ1) is 10.0. The van der Waals surface area contributed by atoms with Gasteiger partial charge in [0.05, 0.1) is 13.7 Å². The van der Waals surface area contributed by atoms with Crippen molar-refractivity contribution < 1.29 is 29.5 Å². The lowest BCUT2D eigenvalue weighted by atomic mass is 9.90. The van der Waals surface area contributed by atoms with Gasteiger partial charge in [0, 0.05) is 13.2 Å². The first-order valence-corrected chi connectivity index (χ1v) is 6.91. The fraction of sp³-hybridized carbons (Fsp3) is 0.600. The molecule has 6 nitrogen and oxygen atoms in total. The number of aliphatic hydroxyl groups excluding tert-OH is 2. The van der Waals surface area contributed by atoms with E-state index < -0.39 is 24.6 Å². The summed E-state index contributed by atoms with van der Waals surface area (Å²) in [6.07, 6.45) is -2.49. The standard InChI is InChI=1S/C15H24O6/c1-4-20-14(21-5-2)15(18,10-16)13(17)11-6-8-12(19-3)9-7-11/h6-9,13-14,16-18H,4-5,10H2,1-3H3/t13-,15+/m1/s1. The minimum Gasteiger partial charge on any atom is -0.497 e. The summed E-state index contributed by atoms with van der Waals surface area (Å²) in [6.45, 7) is 3.34. The average molecular weight is 300 g/mol. The number of benzene rings is 1. The summed E-state index contributed by atoms with van der Waals surface area (Å²) in [4.78, 5) is 0. The topological polar surface area (TPSA) is 88.4 Å². The van der Waals surface area contributed by atoms with E-state index in [9.17, 15) is 15.3 Å². The highest BCUT2D eigenvalue weighted by Crippen LogP contribution is 2.32. The fourth-order valence-electron chi connectivity index (χ4n) is 2.00. The van der Waals surface area contributed by atoms with Gasteiger partial charge in [-0.1, -0.05) is 12.1 Å². The Balaban J connectivity index is 3.02. The van der Waals surface area contributed by atoms with Gasteiger partial charge in [0.2, 0.25) is 0 Å². The van der Waals surface area contributed by atoms with E-state index in [0.717, 1.165) is 0 Å². The Kier molecular flexibility index (Phi) is 7.07. The van der Waals surface area contributed by atoms with Crippen molar-refractivity contribution in [3.8, 4) is 5.75 Å². The van der Waals surface area contributed by atoms with E-state index in [-0.39, 0.29) is 13.2 Å². The summed E-state index contributed by atoms with van der Waals surface area (Å²) < 4.78 is 15.7. The SMILES string of the molecule is CCOC(OCC)[C@](O)(CO)[C@H](O)c1ccc(OC)cc1. The van der Waals surface area contributed by atoms with Crippen molar-refractivity contribution in [2.24, 2.45) is 0 Å². The number of aliphatic hydroxyl groups is 3. The molecule has 0 bridgehead atoms. The van der Waals surface area contributed by atoms with Crippen molar-refractivity contribution in [1.82, 2.24) is 0 Å². The molecule has 0 amide bonds. The highest BCUT2D eigenvalue weighted by Gasteiger charge is 2.45. The van der Waals surface area contributed by atoms with Gasteiger partial charge in [0.1, 0.15) is 11.9 Å². The third-order valence-corrected chi connectivity index (χ3v) is 3.20. The largest absolute Gasteiger partial charge is 0.497 e. The second-order valence-electron chi connectivity index (χ2n) is 4.57. The van der Waals surface area contributed by atoms with E-state index >= 15 is 0 Å². The summed E-state index contributed by atoms with van der Waals surface area (Å²) in [6, 6.07) is 6.54. The van der Waals surface area contributed by atoms with Crippen LogP contribution in [0.4, 0.5) is 0 Å². The van der Waals surface area contributed by atoms with E-state index in [1.807, 2.05) is 0 Å². The lowest BCUT2D eigenvalue weighted by Crippen LogP contribution is -2.53. The summed E-state index contributed by atoms with van der Waals surface area (Å²) in [5, 5.41) is 30.6. The third-order valence-electron chi connectivity index (χ3n) is 3.20. The number of rotatable bonds is 9. The predicted octanol–water partition coefficient (Wildman–Crippen LogP) is 0.851. The Labute approximate surface area is 124 Å². The van der Waals surface area contributed by atoms with Crippen LogP contribution in [0, 0.1) is 0 Å². The first kappa shape index (κ1) is 17.9. The van der Waals surface area contributed by atoms with Crippen molar-refractivity contribution in [2.45, 2.75) is 31.8 Å². The van der Waals surface area contributed by atoms with Crippen LogP contribution in [0.5, 0.6) is 5.75 Å². The van der Waals surface area contributed by atoms with Gasteiger partial charge in [0.15, 0.2) is 11.9 Å². The second-order valence-corrected chi connectivity index (χ2v) is 4.57. The van der Waals surface area contributed by atoms with Crippen LogP contribution in [-0.4, -0.2) is 54.1 Å². The number of hydrogen-bond acceptors (Lipinski definition) is 6. The van der Waals surface area contributed by atoms with Crippen molar-refractivity contribution >= 4 is 0 Å². The molecule has 0 saturated heterocycles. The molecule has 0 aromatic heterocycles. The summed E-state index contributed by atoms with van der Waals surface area (Å²) in [5.74, 6) is 0.629. The van der Waals surface area contributed by atoms with Crippen molar-refractivity contribution in [2.75, 3.05) is 26.9 Å². The van der Waals surface area contributed by atoms with Crippen LogP contribution < -0.4 is 4.74 Å². The molecule has 3 N–H and O–H groups in total. The first-order valence-electron chi connectivity index (χ1n) is 6.91. The quantitative estimate of drug-likeness (QED) is 0.586. The van der Waals surface area contributed by atoms with Crippen LogP contribution in [0.25, 0.3) is 0 Å². The van der Waals surface area contributed by atoms with Crippen LogP contribution in [0.1, 0.15) is 25.5 Å². The van der Waals surface area contributed by atoms with Gasteiger partial charge in [-0.25, -0.2) is 0 Å². The molecule has 21 heavy (non-hydrogen) atoms. The smallest absolute Gasteiger partial charge is 0.191 e. The maximum Gasteiger partial charge on any atom is 0.191 e. The van der Waals surface area contributed by atoms with Crippen molar-refractivity contribution in [3.63, 3.8) is 0 Å². The molecule has 120 valence electrons. The molecule has 0 spiro atoms. The summed E-state index contributed by atoms with van der Waals surface area (Å²) >= 11 is 0. The molecule has 0 aliphatic rings. The van der Waals surface area contributed by atoms with E-state index in [2.05, 4.69) is 0 Å². The molecule has 0 radical (unpaired) electrons. The molecule has 1 rings (SSSR count). The Morgan fingerprint density at radius 2 is 1.62 bits per heavy atom.